The molecule has 152 valence electrons. The van der Waals surface area contributed by atoms with E-state index in [0.717, 1.165) is 10.6 Å². The molecule has 1 aromatic carbocycles. The third-order valence-electron chi connectivity index (χ3n) is 4.42. The largest absolute Gasteiger partial charge is 0.333 e. The number of halogens is 1. The van der Waals surface area contributed by atoms with Crippen molar-refractivity contribution < 1.29 is 14.5 Å². The minimum Gasteiger partial charge on any atom is -0.333 e. The first-order chi connectivity index (χ1) is 14.4. The van der Waals surface area contributed by atoms with Crippen molar-refractivity contribution in [1.82, 2.24) is 19.9 Å². The van der Waals surface area contributed by atoms with E-state index in [2.05, 4.69) is 20.3 Å². The Hall–Kier alpha value is -3.44. The van der Waals surface area contributed by atoms with Crippen LogP contribution >= 0.6 is 22.9 Å². The van der Waals surface area contributed by atoms with E-state index >= 15 is 0 Å². The van der Waals surface area contributed by atoms with Crippen LogP contribution in [0.25, 0.3) is 0 Å². The van der Waals surface area contributed by atoms with Crippen LogP contribution in [0.2, 0.25) is 5.02 Å². The Kier molecular flexibility index (Phi) is 5.38. The number of rotatable bonds is 4. The van der Waals surface area contributed by atoms with Gasteiger partial charge in [0.2, 0.25) is 0 Å². The summed E-state index contributed by atoms with van der Waals surface area (Å²) in [6.07, 6.45) is 4.76. The fraction of sp³-hybridized carbons (Fsp3) is 0.167. The molecular weight excluding hydrogens is 432 g/mol. The number of amides is 2. The molecule has 0 atom stereocenters. The number of nitro benzene ring substituents is 1. The van der Waals surface area contributed by atoms with Crippen LogP contribution in [-0.2, 0) is 13.0 Å². The van der Waals surface area contributed by atoms with Crippen LogP contribution in [0.15, 0.2) is 36.8 Å². The standard InChI is InChI=1S/C18H13ClN6O4S/c19-11-2-1-10(7-14(11)25(28)29)17(27)24-6-3-12-15(9-24)30-18(22-12)23-16(26)13-8-20-4-5-21-13/h1-2,4-5,7-8H,3,6,9H2,(H,22,23,26). The average Bonchev–Trinajstić information content (AvgIpc) is 3.15. The second-order valence-electron chi connectivity index (χ2n) is 6.33. The highest BCUT2D eigenvalue weighted by atomic mass is 35.5. The summed E-state index contributed by atoms with van der Waals surface area (Å²) in [5, 5.41) is 14.2. The lowest BCUT2D eigenvalue weighted by Gasteiger charge is -2.26. The Morgan fingerprint density at radius 2 is 2.13 bits per heavy atom. The molecule has 4 rings (SSSR count). The summed E-state index contributed by atoms with van der Waals surface area (Å²) in [5.74, 6) is -0.755. The Bertz CT molecular complexity index is 1150. The molecule has 0 fully saturated rings. The number of nitrogens with zero attached hydrogens (tertiary/aromatic N) is 5. The monoisotopic (exact) mass is 444 g/mol. The number of hydrogen-bond acceptors (Lipinski definition) is 8. The lowest BCUT2D eigenvalue weighted by Crippen LogP contribution is -2.35. The van der Waals surface area contributed by atoms with E-state index in [1.54, 1.807) is 4.90 Å². The second-order valence-corrected chi connectivity index (χ2v) is 7.82. The first kappa shape index (κ1) is 19.9. The molecule has 0 saturated heterocycles. The SMILES string of the molecule is O=C(Nc1nc2c(s1)CN(C(=O)c1ccc(Cl)c([N+](=O)[O-])c1)CC2)c1cnccn1. The Labute approximate surface area is 178 Å². The van der Waals surface area contributed by atoms with Crippen LogP contribution in [0, 0.1) is 10.1 Å². The van der Waals surface area contributed by atoms with Gasteiger partial charge in [0.05, 0.1) is 23.4 Å². The van der Waals surface area contributed by atoms with Crippen LogP contribution in [0.3, 0.4) is 0 Å². The predicted octanol–water partition coefficient (Wildman–Crippen LogP) is 2.95. The molecule has 0 aliphatic carbocycles. The average molecular weight is 445 g/mol. The number of nitrogens with one attached hydrogen (secondary N) is 1. The molecule has 0 unspecified atom stereocenters. The van der Waals surface area contributed by atoms with E-state index < -0.39 is 10.8 Å². The molecule has 0 saturated carbocycles. The van der Waals surface area contributed by atoms with Crippen molar-refractivity contribution in [1.29, 1.82) is 0 Å². The van der Waals surface area contributed by atoms with Crippen LogP contribution in [0.1, 0.15) is 31.4 Å². The number of aromatic nitrogens is 3. The summed E-state index contributed by atoms with van der Waals surface area (Å²) in [4.78, 5) is 50.2. The van der Waals surface area contributed by atoms with Crippen LogP contribution in [-0.4, -0.2) is 43.1 Å². The van der Waals surface area contributed by atoms with Crippen molar-refractivity contribution in [3.05, 3.63) is 73.8 Å². The van der Waals surface area contributed by atoms with Gasteiger partial charge in [-0.3, -0.25) is 30.0 Å². The molecule has 0 spiro atoms. The molecule has 0 radical (unpaired) electrons. The van der Waals surface area contributed by atoms with Gasteiger partial charge < -0.3 is 4.90 Å². The summed E-state index contributed by atoms with van der Waals surface area (Å²) in [5.41, 5.74) is 0.856. The molecule has 2 aromatic heterocycles. The minimum atomic E-state index is -0.622. The number of anilines is 1. The van der Waals surface area contributed by atoms with Crippen LogP contribution in [0.4, 0.5) is 10.8 Å². The molecule has 0 bridgehead atoms. The number of fused-ring (bicyclic) bond motifs is 1. The molecular formula is C18H13ClN6O4S. The molecule has 3 aromatic rings. The maximum Gasteiger partial charge on any atom is 0.288 e. The molecule has 12 heteroatoms. The zero-order valence-electron chi connectivity index (χ0n) is 15.2. The number of thiazole rings is 1. The Balaban J connectivity index is 1.49. The first-order valence-electron chi connectivity index (χ1n) is 8.71. The van der Waals surface area contributed by atoms with Gasteiger partial charge in [0.1, 0.15) is 10.7 Å². The topological polar surface area (TPSA) is 131 Å². The van der Waals surface area contributed by atoms with Gasteiger partial charge in [-0.2, -0.15) is 0 Å². The highest BCUT2D eigenvalue weighted by Crippen LogP contribution is 2.30. The third kappa shape index (κ3) is 3.98. The van der Waals surface area contributed by atoms with Gasteiger partial charge in [-0.1, -0.05) is 22.9 Å². The highest BCUT2D eigenvalue weighted by molar-refractivity contribution is 7.15. The molecule has 30 heavy (non-hydrogen) atoms. The lowest BCUT2D eigenvalue weighted by molar-refractivity contribution is -0.384. The molecule has 1 N–H and O–H groups in total. The quantitative estimate of drug-likeness (QED) is 0.483. The van der Waals surface area contributed by atoms with Gasteiger partial charge in [-0.05, 0) is 12.1 Å². The van der Waals surface area contributed by atoms with Gasteiger partial charge >= 0.3 is 0 Å². The van der Waals surface area contributed by atoms with Crippen molar-refractivity contribution in [2.75, 3.05) is 11.9 Å². The number of carbonyl (C=O) groups excluding carboxylic acids is 2. The van der Waals surface area contributed by atoms with Gasteiger partial charge in [0.25, 0.3) is 17.5 Å². The van der Waals surface area contributed by atoms with Crippen molar-refractivity contribution in [3.8, 4) is 0 Å². The summed E-state index contributed by atoms with van der Waals surface area (Å²) in [6.45, 7) is 0.701. The molecule has 2 amide bonds. The summed E-state index contributed by atoms with van der Waals surface area (Å²) in [7, 11) is 0. The zero-order chi connectivity index (χ0) is 21.3. The van der Waals surface area contributed by atoms with Crippen molar-refractivity contribution in [2.24, 2.45) is 0 Å². The molecule has 3 heterocycles. The number of nitro groups is 1. The van der Waals surface area contributed by atoms with Crippen molar-refractivity contribution in [2.45, 2.75) is 13.0 Å². The van der Waals surface area contributed by atoms with E-state index in [1.807, 2.05) is 0 Å². The maximum absolute atomic E-state index is 12.8. The van der Waals surface area contributed by atoms with E-state index in [1.165, 1.54) is 48.1 Å². The van der Waals surface area contributed by atoms with Gasteiger partial charge in [0, 0.05) is 41.9 Å². The van der Waals surface area contributed by atoms with Gasteiger partial charge in [0.15, 0.2) is 5.13 Å². The van der Waals surface area contributed by atoms with Crippen molar-refractivity contribution >= 4 is 45.6 Å². The second kappa shape index (κ2) is 8.13. The van der Waals surface area contributed by atoms with Gasteiger partial charge in [-0.25, -0.2) is 9.97 Å². The van der Waals surface area contributed by atoms with E-state index in [4.69, 9.17) is 11.6 Å². The normalized spacial score (nSPS) is 12.9. The van der Waals surface area contributed by atoms with Crippen LogP contribution in [0.5, 0.6) is 0 Å². The van der Waals surface area contributed by atoms with Gasteiger partial charge in [-0.15, -0.1) is 0 Å². The smallest absolute Gasteiger partial charge is 0.288 e. The molecule has 1 aliphatic rings. The first-order valence-corrected chi connectivity index (χ1v) is 9.91. The van der Waals surface area contributed by atoms with E-state index in [0.29, 0.717) is 24.6 Å². The minimum absolute atomic E-state index is 0.0246. The van der Waals surface area contributed by atoms with Crippen molar-refractivity contribution in [3.63, 3.8) is 0 Å². The number of carbonyl (C=O) groups is 2. The Morgan fingerprint density at radius 3 is 2.87 bits per heavy atom. The maximum atomic E-state index is 12.8. The van der Waals surface area contributed by atoms with E-state index in [9.17, 15) is 19.7 Å². The highest BCUT2D eigenvalue weighted by Gasteiger charge is 2.27. The molecule has 10 nitrogen and oxygen atoms in total. The Morgan fingerprint density at radius 1 is 1.30 bits per heavy atom. The van der Waals surface area contributed by atoms with E-state index in [-0.39, 0.29) is 27.9 Å². The summed E-state index contributed by atoms with van der Waals surface area (Å²) < 4.78 is 0. The lowest BCUT2D eigenvalue weighted by atomic mass is 10.1. The third-order valence-corrected chi connectivity index (χ3v) is 5.74. The fourth-order valence-corrected chi connectivity index (χ4v) is 4.17. The molecule has 1 aliphatic heterocycles. The number of hydrogen-bond donors (Lipinski definition) is 1. The predicted molar refractivity (Wildman–Crippen MR) is 109 cm³/mol. The van der Waals surface area contributed by atoms with Crippen LogP contribution < -0.4 is 5.32 Å². The fourth-order valence-electron chi connectivity index (χ4n) is 2.97. The summed E-state index contributed by atoms with van der Waals surface area (Å²) >= 11 is 7.09. The number of benzene rings is 1. The zero-order valence-corrected chi connectivity index (χ0v) is 16.8. The summed E-state index contributed by atoms with van der Waals surface area (Å²) in [6, 6.07) is 3.99.